The Kier molecular flexibility index (Phi) is 6.31. The van der Waals surface area contributed by atoms with Gasteiger partial charge in [0.05, 0.1) is 0 Å². The molecule has 0 radical (unpaired) electrons. The van der Waals surface area contributed by atoms with E-state index in [0.29, 0.717) is 6.04 Å². The summed E-state index contributed by atoms with van der Waals surface area (Å²) in [6.45, 7) is 6.53. The molecule has 1 unspecified atom stereocenters. The molecule has 2 rings (SSSR count). The predicted octanol–water partition coefficient (Wildman–Crippen LogP) is 3.70. The molecule has 0 fully saturated rings. The van der Waals surface area contributed by atoms with Crippen molar-refractivity contribution in [3.8, 4) is 0 Å². The van der Waals surface area contributed by atoms with Crippen LogP contribution in [0, 0.1) is 0 Å². The van der Waals surface area contributed by atoms with Crippen LogP contribution in [-0.2, 0) is 13.0 Å². The Hall–Kier alpha value is -1.09. The van der Waals surface area contributed by atoms with E-state index in [2.05, 4.69) is 41.0 Å². The summed E-state index contributed by atoms with van der Waals surface area (Å²) in [4.78, 5) is 4.53. The van der Waals surface area contributed by atoms with Crippen LogP contribution in [0.3, 0.4) is 0 Å². The van der Waals surface area contributed by atoms with Crippen LogP contribution in [0.25, 0.3) is 0 Å². The molecule has 112 valence electrons. The number of nitrogens with one attached hydrogen (secondary N) is 1. The van der Waals surface area contributed by atoms with Crippen LogP contribution in [0.4, 0.5) is 0 Å². The molecule has 0 aromatic carbocycles. The number of nitrogens with zero attached hydrogens (tertiary/aromatic N) is 2. The first-order valence-corrected chi connectivity index (χ1v) is 8.24. The van der Waals surface area contributed by atoms with E-state index in [4.69, 9.17) is 0 Å². The van der Waals surface area contributed by atoms with Crippen molar-refractivity contribution in [1.82, 2.24) is 14.9 Å². The van der Waals surface area contributed by atoms with Crippen molar-refractivity contribution in [3.63, 3.8) is 0 Å². The summed E-state index contributed by atoms with van der Waals surface area (Å²) in [6.07, 6.45) is 15.2. The van der Waals surface area contributed by atoms with Gasteiger partial charge in [-0.3, -0.25) is 0 Å². The first kappa shape index (κ1) is 15.3. The van der Waals surface area contributed by atoms with Crippen LogP contribution in [-0.4, -0.2) is 22.1 Å². The Morgan fingerprint density at radius 3 is 2.90 bits per heavy atom. The SMILES string of the molecule is CCCNC(CC1=CCCCC1)Cc1nccn1CC. The smallest absolute Gasteiger partial charge is 0.110 e. The fourth-order valence-corrected chi connectivity index (χ4v) is 3.01. The van der Waals surface area contributed by atoms with Gasteiger partial charge in [-0.15, -0.1) is 0 Å². The first-order valence-electron chi connectivity index (χ1n) is 8.24. The second kappa shape index (κ2) is 8.25. The van der Waals surface area contributed by atoms with Crippen molar-refractivity contribution < 1.29 is 0 Å². The number of hydrogen-bond acceptors (Lipinski definition) is 2. The summed E-state index contributed by atoms with van der Waals surface area (Å²) in [5.41, 5.74) is 1.65. The Bertz CT molecular complexity index is 420. The van der Waals surface area contributed by atoms with E-state index in [1.807, 2.05) is 6.20 Å². The third kappa shape index (κ3) is 4.48. The Morgan fingerprint density at radius 2 is 2.20 bits per heavy atom. The van der Waals surface area contributed by atoms with E-state index in [9.17, 15) is 0 Å². The second-order valence-corrected chi connectivity index (χ2v) is 5.80. The molecular weight excluding hydrogens is 246 g/mol. The highest BCUT2D eigenvalue weighted by Gasteiger charge is 2.15. The van der Waals surface area contributed by atoms with Crippen molar-refractivity contribution in [1.29, 1.82) is 0 Å². The van der Waals surface area contributed by atoms with Gasteiger partial charge in [0.15, 0.2) is 0 Å². The summed E-state index contributed by atoms with van der Waals surface area (Å²) in [6, 6.07) is 0.534. The van der Waals surface area contributed by atoms with Crippen molar-refractivity contribution in [2.24, 2.45) is 0 Å². The average Bonchev–Trinajstić information content (AvgIpc) is 2.93. The zero-order valence-corrected chi connectivity index (χ0v) is 13.1. The minimum atomic E-state index is 0.534. The van der Waals surface area contributed by atoms with Crippen LogP contribution in [0.5, 0.6) is 0 Å². The van der Waals surface area contributed by atoms with Gasteiger partial charge in [0.25, 0.3) is 0 Å². The fraction of sp³-hybridized carbons (Fsp3) is 0.706. The van der Waals surface area contributed by atoms with E-state index in [1.165, 1.54) is 44.3 Å². The molecule has 0 amide bonds. The van der Waals surface area contributed by atoms with Crippen molar-refractivity contribution in [3.05, 3.63) is 29.9 Å². The van der Waals surface area contributed by atoms with E-state index in [1.54, 1.807) is 5.57 Å². The predicted molar refractivity (Wildman–Crippen MR) is 84.9 cm³/mol. The topological polar surface area (TPSA) is 29.9 Å². The highest BCUT2D eigenvalue weighted by atomic mass is 15.1. The van der Waals surface area contributed by atoms with Gasteiger partial charge in [-0.25, -0.2) is 4.98 Å². The number of aromatic nitrogens is 2. The summed E-state index contributed by atoms with van der Waals surface area (Å²) in [5, 5.41) is 3.71. The van der Waals surface area contributed by atoms with Crippen LogP contribution in [0.1, 0.15) is 58.2 Å². The van der Waals surface area contributed by atoms with Gasteiger partial charge in [-0.2, -0.15) is 0 Å². The van der Waals surface area contributed by atoms with Gasteiger partial charge < -0.3 is 9.88 Å². The monoisotopic (exact) mass is 275 g/mol. The Labute approximate surface area is 123 Å². The molecule has 0 saturated heterocycles. The van der Waals surface area contributed by atoms with Gasteiger partial charge in [-0.05, 0) is 52.0 Å². The lowest BCUT2D eigenvalue weighted by atomic mass is 9.93. The second-order valence-electron chi connectivity index (χ2n) is 5.80. The summed E-state index contributed by atoms with van der Waals surface area (Å²) >= 11 is 0. The molecule has 1 aliphatic rings. The van der Waals surface area contributed by atoms with Gasteiger partial charge >= 0.3 is 0 Å². The van der Waals surface area contributed by atoms with Crippen molar-refractivity contribution >= 4 is 0 Å². The average molecular weight is 275 g/mol. The third-order valence-electron chi connectivity index (χ3n) is 4.15. The molecule has 1 N–H and O–H groups in total. The number of imidazole rings is 1. The van der Waals surface area contributed by atoms with Gasteiger partial charge in [-0.1, -0.05) is 18.6 Å². The zero-order chi connectivity index (χ0) is 14.2. The summed E-state index contributed by atoms with van der Waals surface area (Å²) in [7, 11) is 0. The first-order chi connectivity index (χ1) is 9.83. The van der Waals surface area contributed by atoms with Gasteiger partial charge in [0.1, 0.15) is 5.82 Å². The molecule has 0 spiro atoms. The van der Waals surface area contributed by atoms with E-state index in [-0.39, 0.29) is 0 Å². The minimum absolute atomic E-state index is 0.534. The molecule has 0 saturated carbocycles. The summed E-state index contributed by atoms with van der Waals surface area (Å²) < 4.78 is 2.26. The van der Waals surface area contributed by atoms with Crippen molar-refractivity contribution in [2.75, 3.05) is 6.54 Å². The van der Waals surface area contributed by atoms with Gasteiger partial charge in [0.2, 0.25) is 0 Å². The number of allylic oxidation sites excluding steroid dienone is 1. The maximum absolute atomic E-state index is 4.53. The van der Waals surface area contributed by atoms with Crippen molar-refractivity contribution in [2.45, 2.75) is 71.4 Å². The molecule has 0 bridgehead atoms. The molecule has 1 aliphatic carbocycles. The molecule has 3 heteroatoms. The number of hydrogen-bond donors (Lipinski definition) is 1. The molecule has 1 aromatic heterocycles. The van der Waals surface area contributed by atoms with Crippen LogP contribution in [0.15, 0.2) is 24.0 Å². The van der Waals surface area contributed by atoms with E-state index >= 15 is 0 Å². The Balaban J connectivity index is 1.97. The lowest BCUT2D eigenvalue weighted by molar-refractivity contribution is 0.474. The quantitative estimate of drug-likeness (QED) is 0.733. The summed E-state index contributed by atoms with van der Waals surface area (Å²) in [5.74, 6) is 1.22. The molecule has 3 nitrogen and oxygen atoms in total. The molecule has 1 atom stereocenters. The maximum atomic E-state index is 4.53. The standard InChI is InChI=1S/C17H29N3/c1-3-10-18-16(13-15-8-6-5-7-9-15)14-17-19-11-12-20(17)4-2/h8,11-12,16,18H,3-7,9-10,13-14H2,1-2H3. The highest BCUT2D eigenvalue weighted by Crippen LogP contribution is 2.22. The number of aryl methyl sites for hydroxylation is 1. The van der Waals surface area contributed by atoms with Crippen LogP contribution >= 0.6 is 0 Å². The zero-order valence-electron chi connectivity index (χ0n) is 13.1. The van der Waals surface area contributed by atoms with Crippen LogP contribution < -0.4 is 5.32 Å². The molecular formula is C17H29N3. The van der Waals surface area contributed by atoms with Gasteiger partial charge in [0, 0.05) is 31.4 Å². The molecule has 1 aromatic rings. The minimum Gasteiger partial charge on any atom is -0.335 e. The molecule has 20 heavy (non-hydrogen) atoms. The Morgan fingerprint density at radius 1 is 1.30 bits per heavy atom. The highest BCUT2D eigenvalue weighted by molar-refractivity contribution is 5.08. The normalized spacial score (nSPS) is 17.0. The lowest BCUT2D eigenvalue weighted by Crippen LogP contribution is -2.33. The molecule has 1 heterocycles. The molecule has 0 aliphatic heterocycles. The van der Waals surface area contributed by atoms with E-state index < -0.39 is 0 Å². The van der Waals surface area contributed by atoms with Crippen LogP contribution in [0.2, 0.25) is 0 Å². The largest absolute Gasteiger partial charge is 0.335 e. The number of rotatable bonds is 8. The lowest BCUT2D eigenvalue weighted by Gasteiger charge is -2.22. The third-order valence-corrected chi connectivity index (χ3v) is 4.15. The maximum Gasteiger partial charge on any atom is 0.110 e. The van der Waals surface area contributed by atoms with E-state index in [0.717, 1.165) is 19.5 Å². The fourth-order valence-electron chi connectivity index (χ4n) is 3.01.